The predicted octanol–water partition coefficient (Wildman–Crippen LogP) is 1.30. The van der Waals surface area contributed by atoms with Crippen molar-refractivity contribution in [3.8, 4) is 0 Å². The third-order valence-electron chi connectivity index (χ3n) is 2.85. The van der Waals surface area contributed by atoms with E-state index in [0.717, 1.165) is 5.57 Å². The second kappa shape index (κ2) is 4.04. The highest BCUT2D eigenvalue weighted by Gasteiger charge is 2.53. The molecular formula is C11H16O4. The maximum atomic E-state index is 11.7. The molecule has 0 aromatic carbocycles. The van der Waals surface area contributed by atoms with Crippen molar-refractivity contribution in [1.82, 2.24) is 0 Å². The number of methoxy groups -OCH3 is 2. The summed E-state index contributed by atoms with van der Waals surface area (Å²) in [4.78, 5) is 23.4. The number of carbonyl (C=O) groups excluding carboxylic acids is 2. The maximum Gasteiger partial charge on any atom is 0.323 e. The average molecular weight is 217 g/mol. The van der Waals surface area contributed by atoms with E-state index in [0.29, 0.717) is 0 Å². The van der Waals surface area contributed by atoms with Crippen molar-refractivity contribution >= 4 is 11.9 Å². The van der Waals surface area contributed by atoms with Gasteiger partial charge in [0.15, 0.2) is 5.41 Å². The zero-order valence-electron chi connectivity index (χ0n) is 10.0. The molecule has 0 aliphatic heterocycles. The summed E-state index contributed by atoms with van der Waals surface area (Å²) in [5.41, 5.74) is -0.544. The minimum atomic E-state index is -1.29. The van der Waals surface area contributed by atoms with Gasteiger partial charge in [0.25, 0.3) is 0 Å². The third kappa shape index (κ3) is 1.76. The van der Waals surface area contributed by atoms with Gasteiger partial charge >= 0.3 is 11.9 Å². The first-order valence-corrected chi connectivity index (χ1v) is 4.65. The van der Waals surface area contributed by atoms with Crippen molar-refractivity contribution in [2.24, 2.45) is 11.3 Å². The van der Waals surface area contributed by atoms with Gasteiger partial charge in [0.2, 0.25) is 0 Å². The minimum absolute atomic E-state index is 0.120. The summed E-state index contributed by atoms with van der Waals surface area (Å²) in [7, 11) is 2.48. The Morgan fingerprint density at radius 2 is 2.00 bits per heavy atom. The van der Waals surface area contributed by atoms with Crippen molar-refractivity contribution in [3.63, 3.8) is 0 Å². The van der Waals surface area contributed by atoms with Gasteiger partial charge in [-0.3, -0.25) is 9.59 Å². The average Bonchev–Trinajstić information content (AvgIpc) is 2.65. The SMILES string of the molecule is [2H][13CH2]C1[13CH2]C(C(=O)OC)(C(=O)OC)[13CH2]C1=[13CH2]. The number of allylic oxidation sites excluding steroid dienone is 1. The van der Waals surface area contributed by atoms with Crippen LogP contribution < -0.4 is 0 Å². The van der Waals surface area contributed by atoms with Gasteiger partial charge in [-0.2, -0.15) is 0 Å². The molecule has 4 nitrogen and oxygen atoms in total. The number of ether oxygens (including phenoxy) is 2. The molecular weight excluding hydrogens is 200 g/mol. The van der Waals surface area contributed by atoms with Crippen LogP contribution >= 0.6 is 0 Å². The molecule has 0 aromatic heterocycles. The zero-order valence-corrected chi connectivity index (χ0v) is 9.04. The van der Waals surface area contributed by atoms with Crippen LogP contribution in [-0.4, -0.2) is 26.2 Å². The summed E-state index contributed by atoms with van der Waals surface area (Å²) >= 11 is 0. The molecule has 0 N–H and O–H groups in total. The fourth-order valence-corrected chi connectivity index (χ4v) is 1.95. The molecule has 1 saturated carbocycles. The standard InChI is InChI=1S/C11H16O4/c1-7-5-11(6-8(7)2,9(12)14-3)10(13)15-4/h8H,1,5-6H2,2-4H3/i1+1,2+1D,5+1,6+1. The molecule has 0 amide bonds. The van der Waals surface area contributed by atoms with E-state index in [1.165, 1.54) is 14.2 Å². The smallest absolute Gasteiger partial charge is 0.323 e. The Morgan fingerprint density at radius 3 is 2.33 bits per heavy atom. The zero-order chi connectivity index (χ0) is 12.3. The quantitative estimate of drug-likeness (QED) is 0.303. The molecule has 1 fully saturated rings. The number of rotatable bonds is 2. The molecule has 0 spiro atoms. The van der Waals surface area contributed by atoms with Gasteiger partial charge in [0.05, 0.1) is 14.2 Å². The van der Waals surface area contributed by atoms with E-state index in [2.05, 4.69) is 16.1 Å². The van der Waals surface area contributed by atoms with Crippen molar-refractivity contribution in [2.45, 2.75) is 19.7 Å². The van der Waals surface area contributed by atoms with Crippen LogP contribution in [0.25, 0.3) is 0 Å². The van der Waals surface area contributed by atoms with Crippen LogP contribution in [0.1, 0.15) is 21.1 Å². The predicted molar refractivity (Wildman–Crippen MR) is 54.0 cm³/mol. The fraction of sp³-hybridized carbons (Fsp3) is 0.636. The lowest BCUT2D eigenvalue weighted by atomic mass is 10.1. The summed E-state index contributed by atoms with van der Waals surface area (Å²) in [6, 6.07) is 0. The summed E-state index contributed by atoms with van der Waals surface area (Å²) in [6.07, 6.45) is 0.477. The number of esters is 2. The summed E-state index contributed by atoms with van der Waals surface area (Å²) in [5, 5.41) is 0. The molecule has 1 aliphatic rings. The van der Waals surface area contributed by atoms with E-state index in [4.69, 9.17) is 1.37 Å². The highest BCUT2D eigenvalue weighted by atomic mass is 16.5. The van der Waals surface area contributed by atoms with E-state index in [9.17, 15) is 9.59 Å². The number of carbonyl (C=O) groups is 2. The van der Waals surface area contributed by atoms with Crippen LogP contribution in [0, 0.1) is 11.3 Å². The lowest BCUT2D eigenvalue weighted by molar-refractivity contribution is -0.168. The normalized spacial score (nSPS) is 24.5. The Balaban J connectivity index is 3.04. The topological polar surface area (TPSA) is 52.6 Å². The molecule has 0 aromatic rings. The van der Waals surface area contributed by atoms with Gasteiger partial charge in [0.1, 0.15) is 0 Å². The van der Waals surface area contributed by atoms with Gasteiger partial charge in [0, 0.05) is 1.37 Å². The van der Waals surface area contributed by atoms with Crippen molar-refractivity contribution in [1.29, 1.82) is 0 Å². The van der Waals surface area contributed by atoms with Crippen LogP contribution in [0.4, 0.5) is 0 Å². The van der Waals surface area contributed by atoms with Gasteiger partial charge in [-0.25, -0.2) is 0 Å². The molecule has 0 radical (unpaired) electrons. The van der Waals surface area contributed by atoms with Crippen LogP contribution in [-0.2, 0) is 19.1 Å². The van der Waals surface area contributed by atoms with Crippen LogP contribution in [0.5, 0.6) is 0 Å². The summed E-state index contributed by atoms with van der Waals surface area (Å²) in [5.74, 6) is -1.34. The van der Waals surface area contributed by atoms with Gasteiger partial charge in [-0.1, -0.05) is 19.1 Å². The monoisotopic (exact) mass is 217 g/mol. The highest BCUT2D eigenvalue weighted by molar-refractivity contribution is 6.01. The van der Waals surface area contributed by atoms with Crippen LogP contribution in [0.15, 0.2) is 12.2 Å². The van der Waals surface area contributed by atoms with Gasteiger partial charge < -0.3 is 9.47 Å². The molecule has 1 aliphatic carbocycles. The molecule has 1 rings (SSSR count). The molecule has 0 saturated heterocycles. The van der Waals surface area contributed by atoms with Crippen molar-refractivity contribution < 1.29 is 20.4 Å². The van der Waals surface area contributed by atoms with Crippen molar-refractivity contribution in [2.75, 3.05) is 14.2 Å². The van der Waals surface area contributed by atoms with Crippen molar-refractivity contribution in [3.05, 3.63) is 12.2 Å². The van der Waals surface area contributed by atoms with E-state index >= 15 is 0 Å². The second-order valence-corrected chi connectivity index (χ2v) is 3.80. The Morgan fingerprint density at radius 1 is 1.47 bits per heavy atom. The van der Waals surface area contributed by atoms with Gasteiger partial charge in [-0.05, 0) is 18.8 Å². The lowest BCUT2D eigenvalue weighted by Crippen LogP contribution is -2.39. The largest absolute Gasteiger partial charge is 0.468 e. The second-order valence-electron chi connectivity index (χ2n) is 3.80. The first-order valence-electron chi connectivity index (χ1n) is 5.36. The Labute approximate surface area is 90.6 Å². The third-order valence-corrected chi connectivity index (χ3v) is 2.85. The number of hydrogen-bond acceptors (Lipinski definition) is 4. The Hall–Kier alpha value is -1.32. The summed E-state index contributed by atoms with van der Waals surface area (Å²) < 4.78 is 16.7. The molecule has 0 bridgehead atoms. The van der Waals surface area contributed by atoms with E-state index in [1.807, 2.05) is 0 Å². The highest BCUT2D eigenvalue weighted by Crippen LogP contribution is 2.46. The molecule has 84 valence electrons. The summed E-state index contributed by atoms with van der Waals surface area (Å²) in [6.45, 7) is 3.92. The molecule has 4 heteroatoms. The van der Waals surface area contributed by atoms with Crippen LogP contribution in [0.2, 0.25) is 0 Å². The Bertz CT molecular complexity index is 308. The van der Waals surface area contributed by atoms with Gasteiger partial charge in [-0.15, -0.1) is 0 Å². The molecule has 15 heavy (non-hydrogen) atoms. The molecule has 1 atom stereocenters. The molecule has 1 unspecified atom stereocenters. The lowest BCUT2D eigenvalue weighted by Gasteiger charge is -2.22. The Kier molecular flexibility index (Phi) is 2.75. The molecule has 0 heterocycles. The maximum absolute atomic E-state index is 11.7. The van der Waals surface area contributed by atoms with E-state index in [1.54, 1.807) is 0 Å². The van der Waals surface area contributed by atoms with E-state index in [-0.39, 0.29) is 25.7 Å². The first-order chi connectivity index (χ1) is 7.51. The first kappa shape index (κ1) is 10.2. The van der Waals surface area contributed by atoms with E-state index < -0.39 is 17.4 Å². The van der Waals surface area contributed by atoms with Crippen LogP contribution in [0.3, 0.4) is 0 Å². The fourth-order valence-electron chi connectivity index (χ4n) is 1.95. The minimum Gasteiger partial charge on any atom is -0.468 e. The number of hydrogen-bond donors (Lipinski definition) is 0.